The summed E-state index contributed by atoms with van der Waals surface area (Å²) in [5, 5.41) is 15.6. The second kappa shape index (κ2) is 12.6. The van der Waals surface area contributed by atoms with E-state index in [9.17, 15) is 9.90 Å². The van der Waals surface area contributed by atoms with Crippen molar-refractivity contribution in [1.29, 1.82) is 0 Å². The van der Waals surface area contributed by atoms with Gasteiger partial charge in [0.25, 0.3) is 0 Å². The molecule has 0 fully saturated rings. The molecular weight excluding hydrogens is 406 g/mol. The number of carboxylic acids is 1. The van der Waals surface area contributed by atoms with Crippen LogP contribution in [-0.4, -0.2) is 54.2 Å². The van der Waals surface area contributed by atoms with Gasteiger partial charge in [0.05, 0.1) is 0 Å². The Bertz CT molecular complexity index is 762. The molecule has 2 atom stereocenters. The topological polar surface area (TPSA) is 96.6 Å². The number of rotatable bonds is 13. The molecule has 0 heterocycles. The summed E-state index contributed by atoms with van der Waals surface area (Å²) in [4.78, 5) is 11.4. The van der Waals surface area contributed by atoms with E-state index in [-0.39, 0.29) is 12.8 Å². The molecule has 2 aromatic rings. The molecular formula is C21H29N3O3S2. The van der Waals surface area contributed by atoms with Crippen LogP contribution in [-0.2, 0) is 4.79 Å². The summed E-state index contributed by atoms with van der Waals surface area (Å²) in [5.41, 5.74) is 8.81. The van der Waals surface area contributed by atoms with Crippen molar-refractivity contribution in [2.45, 2.75) is 18.5 Å². The summed E-state index contributed by atoms with van der Waals surface area (Å²) in [6, 6.07) is 15.1. The minimum absolute atomic E-state index is 0.0344. The third kappa shape index (κ3) is 7.81. The maximum absolute atomic E-state index is 11.4. The Labute approximate surface area is 182 Å². The lowest BCUT2D eigenvalue weighted by atomic mass is 10.0. The third-order valence-corrected chi connectivity index (χ3v) is 5.45. The van der Waals surface area contributed by atoms with Gasteiger partial charge in [0.1, 0.15) is 18.5 Å². The standard InChI is InChI=1S/C21H29N3O3S2/c1-29-10-9-19(21(25)26)24-14-27-20-8-7-17(23-12-16(22)13-28)11-18(20)15-5-3-2-4-6-15/h2-8,11,16,19,23-24,28H,9-10,12-14,22H2,1H3,(H,25,26)/t16-,19+/m1/s1. The van der Waals surface area contributed by atoms with Crippen LogP contribution in [0.1, 0.15) is 6.42 Å². The summed E-state index contributed by atoms with van der Waals surface area (Å²) >= 11 is 5.83. The van der Waals surface area contributed by atoms with Gasteiger partial charge in [-0.05, 0) is 42.2 Å². The Morgan fingerprint density at radius 2 is 2.03 bits per heavy atom. The summed E-state index contributed by atoms with van der Waals surface area (Å²) < 4.78 is 5.91. The van der Waals surface area contributed by atoms with Crippen LogP contribution in [0.4, 0.5) is 5.69 Å². The second-order valence-electron chi connectivity index (χ2n) is 6.57. The molecule has 0 aliphatic carbocycles. The van der Waals surface area contributed by atoms with Crippen molar-refractivity contribution < 1.29 is 14.6 Å². The minimum atomic E-state index is -0.869. The fourth-order valence-corrected chi connectivity index (χ4v) is 3.29. The predicted octanol–water partition coefficient (Wildman–Crippen LogP) is 3.15. The number of anilines is 1. The molecule has 0 radical (unpaired) electrons. The molecule has 29 heavy (non-hydrogen) atoms. The fraction of sp³-hybridized carbons (Fsp3) is 0.381. The predicted molar refractivity (Wildman–Crippen MR) is 125 cm³/mol. The van der Waals surface area contributed by atoms with Gasteiger partial charge in [0.15, 0.2) is 0 Å². The molecule has 0 saturated heterocycles. The van der Waals surface area contributed by atoms with Gasteiger partial charge >= 0.3 is 5.97 Å². The lowest BCUT2D eigenvalue weighted by molar-refractivity contribution is -0.139. The van der Waals surface area contributed by atoms with Crippen molar-refractivity contribution in [3.8, 4) is 16.9 Å². The molecule has 0 aliphatic rings. The average Bonchev–Trinajstić information content (AvgIpc) is 2.75. The smallest absolute Gasteiger partial charge is 0.320 e. The van der Waals surface area contributed by atoms with E-state index in [1.54, 1.807) is 11.8 Å². The van der Waals surface area contributed by atoms with Crippen LogP contribution in [0.3, 0.4) is 0 Å². The van der Waals surface area contributed by atoms with E-state index in [1.807, 2.05) is 54.8 Å². The monoisotopic (exact) mass is 435 g/mol. The van der Waals surface area contributed by atoms with Gasteiger partial charge in [-0.1, -0.05) is 30.3 Å². The molecule has 158 valence electrons. The number of hydrogen-bond acceptors (Lipinski definition) is 7. The van der Waals surface area contributed by atoms with Gasteiger partial charge in [0, 0.05) is 29.6 Å². The first-order chi connectivity index (χ1) is 14.0. The molecule has 2 rings (SSSR count). The number of ether oxygens (including phenoxy) is 1. The van der Waals surface area contributed by atoms with Crippen LogP contribution in [0.15, 0.2) is 48.5 Å². The molecule has 2 aromatic carbocycles. The minimum Gasteiger partial charge on any atom is -0.480 e. The van der Waals surface area contributed by atoms with E-state index in [4.69, 9.17) is 10.5 Å². The Balaban J connectivity index is 2.12. The van der Waals surface area contributed by atoms with Gasteiger partial charge in [-0.3, -0.25) is 10.1 Å². The second-order valence-corrected chi connectivity index (χ2v) is 7.92. The zero-order chi connectivity index (χ0) is 21.1. The number of benzene rings is 2. The maximum Gasteiger partial charge on any atom is 0.320 e. The number of thiol groups is 1. The first-order valence-corrected chi connectivity index (χ1v) is 11.5. The molecule has 0 amide bonds. The first-order valence-electron chi connectivity index (χ1n) is 9.42. The largest absolute Gasteiger partial charge is 0.480 e. The Kier molecular flexibility index (Phi) is 10.2. The molecule has 5 N–H and O–H groups in total. The van der Waals surface area contributed by atoms with Gasteiger partial charge < -0.3 is 20.9 Å². The summed E-state index contributed by atoms with van der Waals surface area (Å²) in [6.07, 6.45) is 2.50. The van der Waals surface area contributed by atoms with E-state index >= 15 is 0 Å². The third-order valence-electron chi connectivity index (χ3n) is 4.33. The van der Waals surface area contributed by atoms with Crippen LogP contribution in [0.25, 0.3) is 11.1 Å². The number of aliphatic carboxylic acids is 1. The normalized spacial score (nSPS) is 12.9. The Hall–Kier alpha value is -1.87. The quantitative estimate of drug-likeness (QED) is 0.244. The van der Waals surface area contributed by atoms with Gasteiger partial charge in [0.2, 0.25) is 0 Å². The fourth-order valence-electron chi connectivity index (χ4n) is 2.69. The molecule has 0 spiro atoms. The summed E-state index contributed by atoms with van der Waals surface area (Å²) in [7, 11) is 0. The molecule has 8 heteroatoms. The number of thioether (sulfide) groups is 1. The lowest BCUT2D eigenvalue weighted by Crippen LogP contribution is -2.39. The SMILES string of the molecule is CSCC[C@H](NCOc1ccc(NC[C@@H](N)CS)cc1-c1ccccc1)C(=O)O. The highest BCUT2D eigenvalue weighted by molar-refractivity contribution is 7.98. The Morgan fingerprint density at radius 1 is 1.28 bits per heavy atom. The van der Waals surface area contributed by atoms with Crippen molar-refractivity contribution in [1.82, 2.24) is 5.32 Å². The van der Waals surface area contributed by atoms with Gasteiger partial charge in [-0.2, -0.15) is 24.4 Å². The summed E-state index contributed by atoms with van der Waals surface area (Å²) in [6.45, 7) is 0.734. The number of hydrogen-bond donors (Lipinski definition) is 5. The van der Waals surface area contributed by atoms with E-state index in [0.29, 0.717) is 24.5 Å². The molecule has 0 unspecified atom stereocenters. The van der Waals surface area contributed by atoms with E-state index in [2.05, 4.69) is 23.3 Å². The highest BCUT2D eigenvalue weighted by atomic mass is 32.2. The molecule has 6 nitrogen and oxygen atoms in total. The van der Waals surface area contributed by atoms with E-state index in [0.717, 1.165) is 22.6 Å². The number of nitrogens with two attached hydrogens (primary N) is 1. The number of nitrogens with one attached hydrogen (secondary N) is 2. The first kappa shape index (κ1) is 23.4. The van der Waals surface area contributed by atoms with Crippen molar-refractivity contribution in [2.75, 3.05) is 36.4 Å². The zero-order valence-electron chi connectivity index (χ0n) is 16.5. The van der Waals surface area contributed by atoms with Crippen molar-refractivity contribution in [3.05, 3.63) is 48.5 Å². The van der Waals surface area contributed by atoms with Crippen LogP contribution in [0.2, 0.25) is 0 Å². The van der Waals surface area contributed by atoms with Crippen molar-refractivity contribution >= 4 is 36.0 Å². The van der Waals surface area contributed by atoms with Crippen LogP contribution < -0.4 is 21.1 Å². The average molecular weight is 436 g/mol. The van der Waals surface area contributed by atoms with Crippen LogP contribution in [0.5, 0.6) is 5.75 Å². The highest BCUT2D eigenvalue weighted by Gasteiger charge is 2.16. The van der Waals surface area contributed by atoms with Gasteiger partial charge in [-0.15, -0.1) is 0 Å². The Morgan fingerprint density at radius 3 is 2.69 bits per heavy atom. The molecule has 0 saturated carbocycles. The molecule has 0 aromatic heterocycles. The number of carbonyl (C=O) groups is 1. The molecule has 0 bridgehead atoms. The van der Waals surface area contributed by atoms with Crippen LogP contribution in [0, 0.1) is 0 Å². The summed E-state index contributed by atoms with van der Waals surface area (Å²) in [5.74, 6) is 1.19. The maximum atomic E-state index is 11.4. The van der Waals surface area contributed by atoms with Crippen LogP contribution >= 0.6 is 24.4 Å². The van der Waals surface area contributed by atoms with E-state index < -0.39 is 12.0 Å². The van der Waals surface area contributed by atoms with Crippen molar-refractivity contribution in [3.63, 3.8) is 0 Å². The van der Waals surface area contributed by atoms with E-state index in [1.165, 1.54) is 0 Å². The van der Waals surface area contributed by atoms with Gasteiger partial charge in [-0.25, -0.2) is 0 Å². The number of carboxylic acid groups (broad SMARTS) is 1. The van der Waals surface area contributed by atoms with Crippen molar-refractivity contribution in [2.24, 2.45) is 5.73 Å². The highest BCUT2D eigenvalue weighted by Crippen LogP contribution is 2.32. The molecule has 0 aliphatic heterocycles. The zero-order valence-corrected chi connectivity index (χ0v) is 18.2. The lowest BCUT2D eigenvalue weighted by Gasteiger charge is -2.18.